The Hall–Kier alpha value is -2.62. The second kappa shape index (κ2) is 5.23. The van der Waals surface area contributed by atoms with Gasteiger partial charge in [-0.3, -0.25) is 4.79 Å². The second-order valence-corrected chi connectivity index (χ2v) is 5.32. The Balaban J connectivity index is 2.28. The number of nitrogens with zero attached hydrogens (tertiary/aromatic N) is 2. The number of Topliss-reactive ketones (excluding diaryl/α,β-unsaturated/α-hetero) is 1. The quantitative estimate of drug-likeness (QED) is 0.744. The van der Waals surface area contributed by atoms with Crippen LogP contribution in [0.5, 0.6) is 0 Å². The maximum atomic E-state index is 13.6. The fourth-order valence-corrected chi connectivity index (χ4v) is 2.87. The van der Waals surface area contributed by atoms with Crippen LogP contribution >= 0.6 is 0 Å². The molecule has 7 heteroatoms. The van der Waals surface area contributed by atoms with Crippen LogP contribution in [-0.2, 0) is 12.6 Å². The van der Waals surface area contributed by atoms with E-state index >= 15 is 0 Å². The number of alkyl halides is 3. The van der Waals surface area contributed by atoms with Gasteiger partial charge in [0.25, 0.3) is 0 Å². The summed E-state index contributed by atoms with van der Waals surface area (Å²) in [5.41, 5.74) is -1.05. The molecule has 0 saturated heterocycles. The lowest BCUT2D eigenvalue weighted by Gasteiger charge is -2.16. The molecule has 1 aromatic heterocycles. The topological polar surface area (TPSA) is 45.8 Å². The Morgan fingerprint density at radius 3 is 2.57 bits per heavy atom. The molecule has 1 heterocycles. The van der Waals surface area contributed by atoms with Crippen molar-refractivity contribution in [1.29, 1.82) is 5.26 Å². The van der Waals surface area contributed by atoms with Gasteiger partial charge in [-0.1, -0.05) is 0 Å². The highest BCUT2D eigenvalue weighted by molar-refractivity contribution is 6.00. The van der Waals surface area contributed by atoms with Gasteiger partial charge in [-0.05, 0) is 31.0 Å². The summed E-state index contributed by atoms with van der Waals surface area (Å²) in [6.45, 7) is 0. The number of hydrogen-bond acceptors (Lipinski definition) is 2. The van der Waals surface area contributed by atoms with Gasteiger partial charge < -0.3 is 4.57 Å². The van der Waals surface area contributed by atoms with E-state index in [9.17, 15) is 22.4 Å². The molecule has 2 aromatic rings. The Bertz CT molecular complexity index is 843. The van der Waals surface area contributed by atoms with Gasteiger partial charge in [0, 0.05) is 24.0 Å². The van der Waals surface area contributed by atoms with Crippen molar-refractivity contribution in [2.24, 2.45) is 0 Å². The number of carbonyl (C=O) groups is 1. The third kappa shape index (κ3) is 2.61. The van der Waals surface area contributed by atoms with Crippen LogP contribution in [0.3, 0.4) is 0 Å². The predicted octanol–water partition coefficient (Wildman–Crippen LogP) is 4.03. The Labute approximate surface area is 128 Å². The molecule has 0 fully saturated rings. The highest BCUT2D eigenvalue weighted by atomic mass is 19.4. The highest BCUT2D eigenvalue weighted by Crippen LogP contribution is 2.39. The van der Waals surface area contributed by atoms with Crippen molar-refractivity contribution >= 4 is 5.78 Å². The number of aromatic nitrogens is 1. The lowest BCUT2D eigenvalue weighted by molar-refractivity contribution is -0.137. The van der Waals surface area contributed by atoms with E-state index in [0.29, 0.717) is 6.42 Å². The summed E-state index contributed by atoms with van der Waals surface area (Å²) in [6.07, 6.45) is -3.08. The summed E-state index contributed by atoms with van der Waals surface area (Å²) < 4.78 is 54.4. The molecule has 23 heavy (non-hydrogen) atoms. The highest BCUT2D eigenvalue weighted by Gasteiger charge is 2.40. The number of nitriles is 1. The number of benzene rings is 1. The number of rotatable bonds is 1. The smallest absolute Gasteiger partial charge is 0.319 e. The predicted molar refractivity (Wildman–Crippen MR) is 72.7 cm³/mol. The van der Waals surface area contributed by atoms with E-state index in [4.69, 9.17) is 5.26 Å². The first-order valence-electron chi connectivity index (χ1n) is 6.87. The molecule has 0 amide bonds. The molecule has 1 aliphatic carbocycles. The van der Waals surface area contributed by atoms with Crippen LogP contribution in [0.4, 0.5) is 17.6 Å². The fourth-order valence-electron chi connectivity index (χ4n) is 2.87. The lowest BCUT2D eigenvalue weighted by Crippen LogP contribution is -2.16. The average molecular weight is 322 g/mol. The zero-order chi connectivity index (χ0) is 16.8. The molecule has 1 aliphatic rings. The zero-order valence-electron chi connectivity index (χ0n) is 11.7. The van der Waals surface area contributed by atoms with Gasteiger partial charge in [0.05, 0.1) is 22.8 Å². The number of fused-ring (bicyclic) bond motifs is 1. The van der Waals surface area contributed by atoms with E-state index in [2.05, 4.69) is 0 Å². The molecule has 0 bridgehead atoms. The average Bonchev–Trinajstić information content (AvgIpc) is 2.87. The summed E-state index contributed by atoms with van der Waals surface area (Å²) in [4.78, 5) is 11.9. The molecule has 118 valence electrons. The molecule has 1 aromatic carbocycles. The molecule has 0 unspecified atom stereocenters. The van der Waals surface area contributed by atoms with Crippen LogP contribution < -0.4 is 0 Å². The first-order valence-corrected chi connectivity index (χ1v) is 6.87. The molecule has 3 nitrogen and oxygen atoms in total. The largest absolute Gasteiger partial charge is 0.418 e. The SMILES string of the molecule is N#Cc1cc(F)cc(-n2cc(C(F)(F)F)c3c2CCCC3=O)c1. The number of ketones is 1. The molecule has 0 aliphatic heterocycles. The second-order valence-electron chi connectivity index (χ2n) is 5.32. The summed E-state index contributed by atoms with van der Waals surface area (Å²) in [7, 11) is 0. The third-order valence-corrected chi connectivity index (χ3v) is 3.80. The molecule has 0 radical (unpaired) electrons. The Morgan fingerprint density at radius 1 is 1.17 bits per heavy atom. The van der Waals surface area contributed by atoms with E-state index in [1.807, 2.05) is 0 Å². The van der Waals surface area contributed by atoms with Crippen LogP contribution in [0, 0.1) is 17.1 Å². The molecular formula is C16H10F4N2O. The zero-order valence-corrected chi connectivity index (χ0v) is 11.7. The van der Waals surface area contributed by atoms with Crippen molar-refractivity contribution < 1.29 is 22.4 Å². The van der Waals surface area contributed by atoms with Gasteiger partial charge in [0.1, 0.15) is 5.82 Å². The molecule has 0 atom stereocenters. The number of halogens is 4. The van der Waals surface area contributed by atoms with Crippen LogP contribution in [0.15, 0.2) is 24.4 Å². The summed E-state index contributed by atoms with van der Waals surface area (Å²) in [5, 5.41) is 8.89. The summed E-state index contributed by atoms with van der Waals surface area (Å²) >= 11 is 0. The first-order chi connectivity index (χ1) is 10.8. The van der Waals surface area contributed by atoms with E-state index in [1.54, 1.807) is 6.07 Å². The van der Waals surface area contributed by atoms with E-state index in [-0.39, 0.29) is 35.3 Å². The molecular weight excluding hydrogens is 312 g/mol. The van der Waals surface area contributed by atoms with E-state index in [1.165, 1.54) is 10.6 Å². The summed E-state index contributed by atoms with van der Waals surface area (Å²) in [6, 6.07) is 5.09. The molecule has 0 spiro atoms. The van der Waals surface area contributed by atoms with Crippen molar-refractivity contribution in [1.82, 2.24) is 4.57 Å². The monoisotopic (exact) mass is 322 g/mol. The maximum absolute atomic E-state index is 13.6. The van der Waals surface area contributed by atoms with Crippen LogP contribution in [0.25, 0.3) is 5.69 Å². The molecule has 3 rings (SSSR count). The van der Waals surface area contributed by atoms with Gasteiger partial charge in [-0.2, -0.15) is 18.4 Å². The van der Waals surface area contributed by atoms with E-state index in [0.717, 1.165) is 18.3 Å². The van der Waals surface area contributed by atoms with Crippen molar-refractivity contribution in [2.45, 2.75) is 25.4 Å². The summed E-state index contributed by atoms with van der Waals surface area (Å²) in [5.74, 6) is -1.29. The molecule has 0 saturated carbocycles. The number of carbonyl (C=O) groups excluding carboxylic acids is 1. The standard InChI is InChI=1S/C16H10F4N2O/c17-10-4-9(7-21)5-11(6-10)22-8-12(16(18,19)20)15-13(22)2-1-3-14(15)23/h4-6,8H,1-3H2. The van der Waals surface area contributed by atoms with Gasteiger partial charge in [0.2, 0.25) is 0 Å². The van der Waals surface area contributed by atoms with Crippen molar-refractivity contribution in [2.75, 3.05) is 0 Å². The van der Waals surface area contributed by atoms with Crippen LogP contribution in [-0.4, -0.2) is 10.4 Å². The van der Waals surface area contributed by atoms with Gasteiger partial charge >= 0.3 is 6.18 Å². The van der Waals surface area contributed by atoms with Crippen molar-refractivity contribution in [3.63, 3.8) is 0 Å². The minimum absolute atomic E-state index is 0.00172. The first kappa shape index (κ1) is 15.3. The minimum Gasteiger partial charge on any atom is -0.319 e. The third-order valence-electron chi connectivity index (χ3n) is 3.80. The van der Waals surface area contributed by atoms with Crippen LogP contribution in [0.1, 0.15) is 40.0 Å². The van der Waals surface area contributed by atoms with Crippen LogP contribution in [0.2, 0.25) is 0 Å². The van der Waals surface area contributed by atoms with Gasteiger partial charge in [-0.25, -0.2) is 4.39 Å². The van der Waals surface area contributed by atoms with E-state index < -0.39 is 23.3 Å². The van der Waals surface area contributed by atoms with Gasteiger partial charge in [-0.15, -0.1) is 0 Å². The van der Waals surface area contributed by atoms with Crippen molar-refractivity contribution in [3.8, 4) is 11.8 Å². The maximum Gasteiger partial charge on any atom is 0.418 e. The van der Waals surface area contributed by atoms with Crippen molar-refractivity contribution in [3.05, 3.63) is 52.6 Å². The minimum atomic E-state index is -4.67. The number of hydrogen-bond donors (Lipinski definition) is 0. The normalized spacial score (nSPS) is 14.5. The fraction of sp³-hybridized carbons (Fsp3) is 0.250. The lowest BCUT2D eigenvalue weighted by atomic mass is 9.93. The van der Waals surface area contributed by atoms with Gasteiger partial charge in [0.15, 0.2) is 5.78 Å². The Kier molecular flexibility index (Phi) is 3.48. The Morgan fingerprint density at radius 2 is 1.91 bits per heavy atom. The molecule has 0 N–H and O–H groups in total.